The van der Waals surface area contributed by atoms with E-state index < -0.39 is 17.7 Å². The summed E-state index contributed by atoms with van der Waals surface area (Å²) in [6.45, 7) is 15.8. The number of hydrogen-bond acceptors (Lipinski definition) is 7. The van der Waals surface area contributed by atoms with Gasteiger partial charge >= 0.3 is 0 Å². The molecule has 1 heterocycles. The Bertz CT molecular complexity index is 1220. The van der Waals surface area contributed by atoms with Gasteiger partial charge in [0.2, 0.25) is 0 Å². The summed E-state index contributed by atoms with van der Waals surface area (Å²) in [7, 11) is 1.56. The maximum Gasteiger partial charge on any atom is 0.295 e. The van der Waals surface area contributed by atoms with E-state index in [2.05, 4.69) is 32.6 Å². The number of nitrogens with zero attached hydrogens (tertiary/aromatic N) is 2. The zero-order valence-electron chi connectivity index (χ0n) is 25.0. The lowest BCUT2D eigenvalue weighted by atomic mass is 9.94. The van der Waals surface area contributed by atoms with E-state index in [1.165, 1.54) is 0 Å². The number of likely N-dealkylation sites (tertiary alicyclic amines) is 1. The highest BCUT2D eigenvalue weighted by molar-refractivity contribution is 6.46. The average molecular weight is 553 g/mol. The largest absolute Gasteiger partial charge is 0.507 e. The third kappa shape index (κ3) is 6.97. The number of carbonyl (C=O) groups excluding carboxylic acids is 2. The van der Waals surface area contributed by atoms with Gasteiger partial charge in [0.05, 0.1) is 31.9 Å². The Hall–Kier alpha value is -3.52. The molecule has 1 amide bonds. The van der Waals surface area contributed by atoms with Gasteiger partial charge in [0.15, 0.2) is 11.5 Å². The number of methoxy groups -OCH3 is 1. The van der Waals surface area contributed by atoms with Crippen molar-refractivity contribution in [1.29, 1.82) is 0 Å². The topological polar surface area (TPSA) is 88.5 Å². The molecule has 1 aliphatic heterocycles. The van der Waals surface area contributed by atoms with Crippen molar-refractivity contribution in [2.75, 3.05) is 46.5 Å². The van der Waals surface area contributed by atoms with Gasteiger partial charge in [-0.05, 0) is 80.7 Å². The number of aliphatic hydroxyl groups is 1. The van der Waals surface area contributed by atoms with Crippen LogP contribution in [-0.4, -0.2) is 73.1 Å². The van der Waals surface area contributed by atoms with Crippen LogP contribution in [0, 0.1) is 12.8 Å². The summed E-state index contributed by atoms with van der Waals surface area (Å²) in [5, 5.41) is 11.5. The van der Waals surface area contributed by atoms with Crippen LogP contribution >= 0.6 is 0 Å². The smallest absolute Gasteiger partial charge is 0.295 e. The molecule has 1 fully saturated rings. The van der Waals surface area contributed by atoms with Crippen molar-refractivity contribution in [3.05, 3.63) is 58.7 Å². The molecule has 1 N–H and O–H groups in total. The van der Waals surface area contributed by atoms with Gasteiger partial charge in [0.1, 0.15) is 11.5 Å². The summed E-state index contributed by atoms with van der Waals surface area (Å²) in [5.74, 6) is 0.759. The molecule has 40 heavy (non-hydrogen) atoms. The number of rotatable bonds is 14. The van der Waals surface area contributed by atoms with Crippen LogP contribution in [0.4, 0.5) is 0 Å². The van der Waals surface area contributed by atoms with Crippen LogP contribution in [0.2, 0.25) is 0 Å². The number of benzene rings is 2. The molecule has 1 aliphatic rings. The Morgan fingerprint density at radius 2 is 1.70 bits per heavy atom. The SMILES string of the molecule is CCOc1ccc(C(O)=C2C(=O)C(=O)N(CCN(CC)CC)C2c2ccc(OCCC(C)C)c(OC)c2)cc1C. The van der Waals surface area contributed by atoms with Gasteiger partial charge in [-0.3, -0.25) is 9.59 Å². The quantitative estimate of drug-likeness (QED) is 0.186. The summed E-state index contributed by atoms with van der Waals surface area (Å²) in [4.78, 5) is 30.6. The lowest BCUT2D eigenvalue weighted by Gasteiger charge is -2.28. The van der Waals surface area contributed by atoms with Gasteiger partial charge < -0.3 is 29.1 Å². The molecular formula is C32H44N2O6. The molecular weight excluding hydrogens is 508 g/mol. The lowest BCUT2D eigenvalue weighted by molar-refractivity contribution is -0.140. The third-order valence-corrected chi connectivity index (χ3v) is 7.30. The summed E-state index contributed by atoms with van der Waals surface area (Å²) < 4.78 is 17.3. The van der Waals surface area contributed by atoms with Gasteiger partial charge in [-0.25, -0.2) is 0 Å². The number of likely N-dealkylation sites (N-methyl/N-ethyl adjacent to an activating group) is 1. The van der Waals surface area contributed by atoms with Crippen LogP contribution in [0.3, 0.4) is 0 Å². The van der Waals surface area contributed by atoms with E-state index in [1.807, 2.05) is 19.9 Å². The lowest BCUT2D eigenvalue weighted by Crippen LogP contribution is -2.38. The molecule has 2 aromatic rings. The second-order valence-electron chi connectivity index (χ2n) is 10.4. The predicted octanol–water partition coefficient (Wildman–Crippen LogP) is 5.59. The maximum absolute atomic E-state index is 13.5. The molecule has 1 atom stereocenters. The van der Waals surface area contributed by atoms with E-state index in [9.17, 15) is 14.7 Å². The Kier molecular flexibility index (Phi) is 11.0. The molecule has 8 heteroatoms. The molecule has 218 valence electrons. The highest BCUT2D eigenvalue weighted by Crippen LogP contribution is 2.42. The zero-order valence-corrected chi connectivity index (χ0v) is 25.0. The Balaban J connectivity index is 2.10. The van der Waals surface area contributed by atoms with E-state index in [0.29, 0.717) is 60.6 Å². The van der Waals surface area contributed by atoms with Crippen LogP contribution in [0.15, 0.2) is 42.0 Å². The van der Waals surface area contributed by atoms with Crippen molar-refractivity contribution in [2.24, 2.45) is 5.92 Å². The number of ether oxygens (including phenoxy) is 3. The fourth-order valence-electron chi connectivity index (χ4n) is 4.89. The molecule has 0 bridgehead atoms. The number of aliphatic hydroxyl groups excluding tert-OH is 1. The van der Waals surface area contributed by atoms with E-state index in [1.54, 1.807) is 42.3 Å². The molecule has 2 aromatic carbocycles. The number of carbonyl (C=O) groups is 2. The fourth-order valence-corrected chi connectivity index (χ4v) is 4.89. The molecule has 0 radical (unpaired) electrons. The number of ketones is 1. The number of aryl methyl sites for hydroxylation is 1. The number of hydrogen-bond donors (Lipinski definition) is 1. The fraction of sp³-hybridized carbons (Fsp3) is 0.500. The van der Waals surface area contributed by atoms with Gasteiger partial charge in [0, 0.05) is 18.7 Å². The first kappa shape index (κ1) is 31.0. The molecule has 3 rings (SSSR count). The Labute approximate surface area is 238 Å². The van der Waals surface area contributed by atoms with Crippen molar-refractivity contribution in [2.45, 2.75) is 54.0 Å². The van der Waals surface area contributed by atoms with Crippen LogP contribution in [-0.2, 0) is 9.59 Å². The van der Waals surface area contributed by atoms with E-state index in [4.69, 9.17) is 14.2 Å². The summed E-state index contributed by atoms with van der Waals surface area (Å²) >= 11 is 0. The molecule has 0 aliphatic carbocycles. The third-order valence-electron chi connectivity index (χ3n) is 7.30. The number of amides is 1. The number of Topliss-reactive ketones (excluding diaryl/α,β-unsaturated/α-hetero) is 1. The molecule has 0 saturated carbocycles. The van der Waals surface area contributed by atoms with Crippen LogP contribution < -0.4 is 14.2 Å². The minimum atomic E-state index is -0.777. The monoisotopic (exact) mass is 552 g/mol. The Morgan fingerprint density at radius 1 is 1.00 bits per heavy atom. The second kappa shape index (κ2) is 14.2. The standard InChI is InChI=1S/C32H44N2O6/c1-8-33(9-2)16-17-34-29(23-11-14-26(27(20-23)38-7)40-18-15-21(4)5)28(31(36)32(34)37)30(35)24-12-13-25(39-10-3)22(6)19-24/h11-14,19-21,29,35H,8-10,15-18H2,1-7H3. The van der Waals surface area contributed by atoms with Gasteiger partial charge in [-0.2, -0.15) is 0 Å². The molecule has 8 nitrogen and oxygen atoms in total. The predicted molar refractivity (Wildman–Crippen MR) is 157 cm³/mol. The van der Waals surface area contributed by atoms with Crippen molar-refractivity contribution >= 4 is 17.4 Å². The normalized spacial score (nSPS) is 16.7. The Morgan fingerprint density at radius 3 is 2.30 bits per heavy atom. The van der Waals surface area contributed by atoms with Gasteiger partial charge in [-0.15, -0.1) is 0 Å². The maximum atomic E-state index is 13.5. The average Bonchev–Trinajstić information content (AvgIpc) is 3.19. The second-order valence-corrected chi connectivity index (χ2v) is 10.4. The molecule has 1 unspecified atom stereocenters. The molecule has 0 aromatic heterocycles. The highest BCUT2D eigenvalue weighted by Gasteiger charge is 2.46. The van der Waals surface area contributed by atoms with Crippen molar-refractivity contribution in [3.63, 3.8) is 0 Å². The minimum absolute atomic E-state index is 0.0589. The van der Waals surface area contributed by atoms with Crippen LogP contribution in [0.25, 0.3) is 5.76 Å². The van der Waals surface area contributed by atoms with Crippen LogP contribution in [0.5, 0.6) is 17.2 Å². The first-order valence-electron chi connectivity index (χ1n) is 14.2. The summed E-state index contributed by atoms with van der Waals surface area (Å²) in [5.41, 5.74) is 2.00. The first-order chi connectivity index (χ1) is 19.2. The van der Waals surface area contributed by atoms with Crippen LogP contribution in [0.1, 0.15) is 63.8 Å². The highest BCUT2D eigenvalue weighted by atomic mass is 16.5. The molecule has 0 spiro atoms. The van der Waals surface area contributed by atoms with Crippen molar-refractivity contribution in [1.82, 2.24) is 9.80 Å². The van der Waals surface area contributed by atoms with E-state index >= 15 is 0 Å². The van der Waals surface area contributed by atoms with Crippen molar-refractivity contribution < 1.29 is 28.9 Å². The van der Waals surface area contributed by atoms with Crippen molar-refractivity contribution in [3.8, 4) is 17.2 Å². The molecule has 1 saturated heterocycles. The zero-order chi connectivity index (χ0) is 29.4. The van der Waals surface area contributed by atoms with Gasteiger partial charge in [-0.1, -0.05) is 33.8 Å². The minimum Gasteiger partial charge on any atom is -0.507 e. The summed E-state index contributed by atoms with van der Waals surface area (Å²) in [6, 6.07) is 9.91. The first-order valence-corrected chi connectivity index (χ1v) is 14.2. The van der Waals surface area contributed by atoms with E-state index in [-0.39, 0.29) is 11.3 Å². The summed E-state index contributed by atoms with van der Waals surface area (Å²) in [6.07, 6.45) is 0.901. The van der Waals surface area contributed by atoms with Gasteiger partial charge in [0.25, 0.3) is 11.7 Å². The van der Waals surface area contributed by atoms with E-state index in [0.717, 1.165) is 25.1 Å².